The fraction of sp³-hybridized carbons (Fsp3) is 0.600. The third-order valence-corrected chi connectivity index (χ3v) is 4.46. The highest BCUT2D eigenvalue weighted by molar-refractivity contribution is 5.19. The molecule has 98 valence electrons. The standard InChI is InChI=1S/C15H22N2O/c18-11-15(12-4-2-1-3-5-12)16-14-10-17-8-6-13(14)7-9-17/h1-5,13-16,18H,6-11H2. The number of aliphatic hydroxyl groups is 1. The highest BCUT2D eigenvalue weighted by atomic mass is 16.3. The van der Waals surface area contributed by atoms with Gasteiger partial charge < -0.3 is 15.3 Å². The zero-order chi connectivity index (χ0) is 12.4. The van der Waals surface area contributed by atoms with E-state index in [4.69, 9.17) is 0 Å². The second-order valence-corrected chi connectivity index (χ2v) is 5.56. The summed E-state index contributed by atoms with van der Waals surface area (Å²) < 4.78 is 0. The Morgan fingerprint density at radius 2 is 1.94 bits per heavy atom. The smallest absolute Gasteiger partial charge is 0.0626 e. The van der Waals surface area contributed by atoms with E-state index >= 15 is 0 Å². The molecule has 2 unspecified atom stereocenters. The summed E-state index contributed by atoms with van der Waals surface area (Å²) >= 11 is 0. The van der Waals surface area contributed by atoms with Gasteiger partial charge in [0.05, 0.1) is 12.6 Å². The maximum atomic E-state index is 9.60. The highest BCUT2D eigenvalue weighted by Crippen LogP contribution is 2.29. The first kappa shape index (κ1) is 12.2. The van der Waals surface area contributed by atoms with Crippen molar-refractivity contribution in [3.05, 3.63) is 35.9 Å². The summed E-state index contributed by atoms with van der Waals surface area (Å²) in [5.74, 6) is 0.799. The van der Waals surface area contributed by atoms with E-state index in [-0.39, 0.29) is 12.6 Å². The molecule has 0 aromatic heterocycles. The summed E-state index contributed by atoms with van der Waals surface area (Å²) in [5.41, 5.74) is 1.19. The van der Waals surface area contributed by atoms with Crippen LogP contribution in [0.1, 0.15) is 24.4 Å². The van der Waals surface area contributed by atoms with Crippen LogP contribution >= 0.6 is 0 Å². The lowest BCUT2D eigenvalue weighted by atomic mass is 9.83. The number of hydrogen-bond acceptors (Lipinski definition) is 3. The molecule has 0 aliphatic carbocycles. The SMILES string of the molecule is OCC(NC1CN2CCC1CC2)c1ccccc1. The van der Waals surface area contributed by atoms with Gasteiger partial charge in [0.15, 0.2) is 0 Å². The number of aliphatic hydroxyl groups excluding tert-OH is 1. The quantitative estimate of drug-likeness (QED) is 0.843. The molecule has 18 heavy (non-hydrogen) atoms. The highest BCUT2D eigenvalue weighted by Gasteiger charge is 2.34. The van der Waals surface area contributed by atoms with Gasteiger partial charge >= 0.3 is 0 Å². The lowest BCUT2D eigenvalue weighted by Gasteiger charge is -2.46. The lowest BCUT2D eigenvalue weighted by Crippen LogP contribution is -2.56. The average molecular weight is 246 g/mol. The van der Waals surface area contributed by atoms with Gasteiger partial charge in [-0.15, -0.1) is 0 Å². The molecule has 3 heteroatoms. The molecular formula is C15H22N2O. The zero-order valence-electron chi connectivity index (χ0n) is 10.8. The Morgan fingerprint density at radius 1 is 1.22 bits per heavy atom. The Hall–Kier alpha value is -0.900. The summed E-state index contributed by atoms with van der Waals surface area (Å²) in [4.78, 5) is 2.54. The Bertz CT molecular complexity index is 373. The van der Waals surface area contributed by atoms with Gasteiger partial charge in [-0.3, -0.25) is 0 Å². The first-order valence-electron chi connectivity index (χ1n) is 7.01. The fourth-order valence-electron chi connectivity index (χ4n) is 3.35. The molecule has 0 spiro atoms. The molecule has 0 radical (unpaired) electrons. The maximum Gasteiger partial charge on any atom is 0.0626 e. The number of nitrogens with zero attached hydrogens (tertiary/aromatic N) is 1. The predicted molar refractivity (Wildman–Crippen MR) is 72.4 cm³/mol. The van der Waals surface area contributed by atoms with Crippen molar-refractivity contribution >= 4 is 0 Å². The molecule has 3 fully saturated rings. The summed E-state index contributed by atoms with van der Waals surface area (Å²) in [7, 11) is 0. The van der Waals surface area contributed by atoms with Gasteiger partial charge in [0.25, 0.3) is 0 Å². The van der Waals surface area contributed by atoms with Gasteiger partial charge in [0, 0.05) is 12.6 Å². The van der Waals surface area contributed by atoms with Crippen molar-refractivity contribution < 1.29 is 5.11 Å². The molecule has 3 aliphatic rings. The molecule has 3 saturated heterocycles. The van der Waals surface area contributed by atoms with E-state index in [0.717, 1.165) is 12.5 Å². The number of benzene rings is 1. The predicted octanol–water partition coefficient (Wildman–Crippen LogP) is 1.40. The van der Waals surface area contributed by atoms with Gasteiger partial charge in [0.1, 0.15) is 0 Å². The summed E-state index contributed by atoms with van der Waals surface area (Å²) in [6, 6.07) is 10.9. The molecule has 0 amide bonds. The van der Waals surface area contributed by atoms with Crippen LogP contribution in [0, 0.1) is 5.92 Å². The second-order valence-electron chi connectivity index (χ2n) is 5.56. The van der Waals surface area contributed by atoms with Crippen LogP contribution in [0.4, 0.5) is 0 Å². The van der Waals surface area contributed by atoms with Crippen LogP contribution in [-0.4, -0.2) is 42.3 Å². The van der Waals surface area contributed by atoms with E-state index in [9.17, 15) is 5.11 Å². The molecule has 2 bridgehead atoms. The van der Waals surface area contributed by atoms with Crippen molar-refractivity contribution in [3.8, 4) is 0 Å². The number of rotatable bonds is 4. The molecule has 2 N–H and O–H groups in total. The van der Waals surface area contributed by atoms with Crippen LogP contribution in [0.2, 0.25) is 0 Å². The monoisotopic (exact) mass is 246 g/mol. The first-order chi connectivity index (χ1) is 8.86. The molecule has 3 aliphatic heterocycles. The van der Waals surface area contributed by atoms with E-state index in [2.05, 4.69) is 22.3 Å². The third kappa shape index (κ3) is 2.44. The van der Waals surface area contributed by atoms with Crippen molar-refractivity contribution in [2.75, 3.05) is 26.2 Å². The average Bonchev–Trinajstić information content (AvgIpc) is 2.47. The Labute approximate surface area is 109 Å². The molecule has 0 saturated carbocycles. The zero-order valence-corrected chi connectivity index (χ0v) is 10.8. The fourth-order valence-corrected chi connectivity index (χ4v) is 3.35. The minimum Gasteiger partial charge on any atom is -0.394 e. The molecule has 3 heterocycles. The first-order valence-corrected chi connectivity index (χ1v) is 7.01. The van der Waals surface area contributed by atoms with Crippen LogP contribution in [0.25, 0.3) is 0 Å². The van der Waals surface area contributed by atoms with Crippen molar-refractivity contribution in [1.29, 1.82) is 0 Å². The molecular weight excluding hydrogens is 224 g/mol. The van der Waals surface area contributed by atoms with Gasteiger partial charge in [-0.05, 0) is 37.4 Å². The molecule has 3 nitrogen and oxygen atoms in total. The third-order valence-electron chi connectivity index (χ3n) is 4.46. The van der Waals surface area contributed by atoms with E-state index < -0.39 is 0 Å². The van der Waals surface area contributed by atoms with Gasteiger partial charge in [-0.2, -0.15) is 0 Å². The number of nitrogens with one attached hydrogen (secondary N) is 1. The van der Waals surface area contributed by atoms with Crippen molar-refractivity contribution in [2.45, 2.75) is 24.9 Å². The second kappa shape index (κ2) is 5.39. The Morgan fingerprint density at radius 3 is 2.50 bits per heavy atom. The van der Waals surface area contributed by atoms with Crippen LogP contribution in [0.3, 0.4) is 0 Å². The van der Waals surface area contributed by atoms with Gasteiger partial charge in [-0.25, -0.2) is 0 Å². The number of fused-ring (bicyclic) bond motifs is 3. The Kier molecular flexibility index (Phi) is 3.64. The molecule has 4 rings (SSSR count). The number of piperidine rings is 3. The van der Waals surface area contributed by atoms with Gasteiger partial charge in [0.2, 0.25) is 0 Å². The Balaban J connectivity index is 1.67. The van der Waals surface area contributed by atoms with Gasteiger partial charge in [-0.1, -0.05) is 30.3 Å². The van der Waals surface area contributed by atoms with Crippen LogP contribution in [-0.2, 0) is 0 Å². The van der Waals surface area contributed by atoms with Crippen LogP contribution in [0.15, 0.2) is 30.3 Å². The summed E-state index contributed by atoms with van der Waals surface area (Å²) in [5, 5.41) is 13.3. The minimum absolute atomic E-state index is 0.0803. The van der Waals surface area contributed by atoms with Crippen LogP contribution in [0.5, 0.6) is 0 Å². The van der Waals surface area contributed by atoms with Crippen molar-refractivity contribution in [2.24, 2.45) is 5.92 Å². The van der Waals surface area contributed by atoms with E-state index in [1.54, 1.807) is 0 Å². The van der Waals surface area contributed by atoms with Crippen molar-refractivity contribution in [3.63, 3.8) is 0 Å². The number of hydrogen-bond donors (Lipinski definition) is 2. The maximum absolute atomic E-state index is 9.60. The molecule has 1 aromatic carbocycles. The normalized spacial score (nSPS) is 32.4. The van der Waals surface area contributed by atoms with Crippen LogP contribution < -0.4 is 5.32 Å². The molecule has 1 aromatic rings. The lowest BCUT2D eigenvalue weighted by molar-refractivity contribution is 0.0615. The van der Waals surface area contributed by atoms with E-state index in [0.29, 0.717) is 6.04 Å². The summed E-state index contributed by atoms with van der Waals surface area (Å²) in [6.45, 7) is 3.84. The molecule has 2 atom stereocenters. The largest absolute Gasteiger partial charge is 0.394 e. The van der Waals surface area contributed by atoms with E-state index in [1.165, 1.54) is 31.5 Å². The van der Waals surface area contributed by atoms with E-state index in [1.807, 2.05) is 18.2 Å². The minimum atomic E-state index is 0.0803. The van der Waals surface area contributed by atoms with Crippen molar-refractivity contribution in [1.82, 2.24) is 10.2 Å². The topological polar surface area (TPSA) is 35.5 Å². The summed E-state index contributed by atoms with van der Waals surface area (Å²) in [6.07, 6.45) is 2.62.